The highest BCUT2D eigenvalue weighted by molar-refractivity contribution is 7.07. The van der Waals surface area contributed by atoms with Gasteiger partial charge in [-0.15, -0.1) is 0 Å². The molecule has 0 saturated heterocycles. The summed E-state index contributed by atoms with van der Waals surface area (Å²) in [5.74, 6) is 1.16. The van der Waals surface area contributed by atoms with Crippen molar-refractivity contribution in [2.75, 3.05) is 26.8 Å². The lowest BCUT2D eigenvalue weighted by molar-refractivity contribution is -0.127. The molecule has 0 spiro atoms. The predicted molar refractivity (Wildman–Crippen MR) is 147 cm³/mol. The number of para-hydroxylation sites is 1. The number of allylic oxidation sites excluding steroid dienone is 1. The van der Waals surface area contributed by atoms with E-state index in [2.05, 4.69) is 6.58 Å². The van der Waals surface area contributed by atoms with Crippen LogP contribution < -0.4 is 24.4 Å². The van der Waals surface area contributed by atoms with Gasteiger partial charge in [0.05, 0.1) is 22.9 Å². The largest absolute Gasteiger partial charge is 0.496 e. The number of likely N-dealkylation sites (N-methyl/N-ethyl adjacent to an activating group) is 1. The van der Waals surface area contributed by atoms with Crippen molar-refractivity contribution in [3.8, 4) is 11.5 Å². The summed E-state index contributed by atoms with van der Waals surface area (Å²) in [7, 11) is 1.59. The SMILES string of the molecule is C=CCOc1cccc(/C=c2/sc3n(c2=O)[C@H](c2ccccc2OC)C(C(=O)N(CC)CC)=C(C)N=3)c1. The van der Waals surface area contributed by atoms with Gasteiger partial charge in [-0.05, 0) is 50.6 Å². The minimum Gasteiger partial charge on any atom is -0.496 e. The van der Waals surface area contributed by atoms with Crippen molar-refractivity contribution in [3.05, 3.63) is 103 Å². The minimum absolute atomic E-state index is 0.136. The molecule has 0 radical (unpaired) electrons. The third-order valence-corrected chi connectivity index (χ3v) is 7.24. The van der Waals surface area contributed by atoms with Crippen LogP contribution in [-0.2, 0) is 4.79 Å². The van der Waals surface area contributed by atoms with E-state index >= 15 is 0 Å². The second-order valence-electron chi connectivity index (χ2n) is 8.47. The number of amides is 1. The number of aromatic nitrogens is 1. The van der Waals surface area contributed by atoms with Crippen molar-refractivity contribution in [3.63, 3.8) is 0 Å². The molecule has 2 heterocycles. The monoisotopic (exact) mass is 517 g/mol. The van der Waals surface area contributed by atoms with Crippen LogP contribution in [0.3, 0.4) is 0 Å². The van der Waals surface area contributed by atoms with Gasteiger partial charge in [-0.3, -0.25) is 14.2 Å². The summed E-state index contributed by atoms with van der Waals surface area (Å²) < 4.78 is 13.4. The number of carbonyl (C=O) groups excluding carboxylic acids is 1. The highest BCUT2D eigenvalue weighted by Crippen LogP contribution is 2.36. The zero-order valence-electron chi connectivity index (χ0n) is 21.6. The zero-order chi connectivity index (χ0) is 26.5. The first-order valence-electron chi connectivity index (χ1n) is 12.2. The first-order chi connectivity index (χ1) is 17.9. The summed E-state index contributed by atoms with van der Waals surface area (Å²) in [5, 5.41) is 0. The summed E-state index contributed by atoms with van der Waals surface area (Å²) >= 11 is 1.30. The summed E-state index contributed by atoms with van der Waals surface area (Å²) in [6.07, 6.45) is 3.51. The maximum absolute atomic E-state index is 13.9. The lowest BCUT2D eigenvalue weighted by Gasteiger charge is -2.29. The van der Waals surface area contributed by atoms with Gasteiger partial charge in [0.1, 0.15) is 24.1 Å². The van der Waals surface area contributed by atoms with E-state index < -0.39 is 6.04 Å². The molecular weight excluding hydrogens is 486 g/mol. The number of hydrogen-bond donors (Lipinski definition) is 0. The van der Waals surface area contributed by atoms with Crippen LogP contribution in [0.1, 0.15) is 37.9 Å². The Labute approximate surface area is 220 Å². The standard InChI is InChI=1S/C29H31N3O4S/c1-6-16-36-21-13-11-12-20(17-21)18-24-27(33)32-26(22-14-9-10-15-23(22)35-5)25(19(4)30-29(32)37-24)28(34)31(7-2)8-3/h6,9-15,17-18,26H,1,7-8,16H2,2-5H3/b24-18+/t26-/m1/s1. The lowest BCUT2D eigenvalue weighted by Crippen LogP contribution is -2.43. The summed E-state index contributed by atoms with van der Waals surface area (Å²) in [4.78, 5) is 34.6. The highest BCUT2D eigenvalue weighted by atomic mass is 32.1. The molecule has 1 aliphatic rings. The minimum atomic E-state index is -0.662. The van der Waals surface area contributed by atoms with E-state index in [9.17, 15) is 9.59 Å². The second kappa shape index (κ2) is 11.4. The van der Waals surface area contributed by atoms with Crippen LogP contribution in [0.15, 0.2) is 82.2 Å². The van der Waals surface area contributed by atoms with E-state index in [1.165, 1.54) is 11.3 Å². The van der Waals surface area contributed by atoms with Gasteiger partial charge in [0, 0.05) is 18.7 Å². The van der Waals surface area contributed by atoms with Crippen LogP contribution >= 0.6 is 11.3 Å². The Morgan fingerprint density at radius 1 is 1.19 bits per heavy atom. The van der Waals surface area contributed by atoms with E-state index in [4.69, 9.17) is 14.5 Å². The molecule has 7 nitrogen and oxygen atoms in total. The molecular formula is C29H31N3O4S. The number of hydrogen-bond acceptors (Lipinski definition) is 6. The molecule has 0 saturated carbocycles. The first kappa shape index (κ1) is 26.2. The van der Waals surface area contributed by atoms with Gasteiger partial charge in [0.15, 0.2) is 4.80 Å². The van der Waals surface area contributed by atoms with Crippen LogP contribution in [0.4, 0.5) is 0 Å². The third-order valence-electron chi connectivity index (χ3n) is 6.26. The Hall–Kier alpha value is -3.91. The summed E-state index contributed by atoms with van der Waals surface area (Å²) in [6, 6.07) is 14.4. The van der Waals surface area contributed by atoms with Crippen LogP contribution in [-0.4, -0.2) is 42.2 Å². The number of carbonyl (C=O) groups is 1. The third kappa shape index (κ3) is 5.15. The lowest BCUT2D eigenvalue weighted by atomic mass is 9.94. The Balaban J connectivity index is 1.93. The molecule has 37 heavy (non-hydrogen) atoms. The molecule has 3 aromatic rings. The van der Waals surface area contributed by atoms with E-state index in [1.54, 1.807) is 22.7 Å². The number of ether oxygens (including phenoxy) is 2. The maximum atomic E-state index is 13.9. The smallest absolute Gasteiger partial charge is 0.271 e. The second-order valence-corrected chi connectivity index (χ2v) is 9.48. The van der Waals surface area contributed by atoms with Crippen LogP contribution in [0, 0.1) is 0 Å². The molecule has 1 aliphatic heterocycles. The Bertz CT molecular complexity index is 1530. The number of fused-ring (bicyclic) bond motifs is 1. The van der Waals surface area contributed by atoms with Gasteiger partial charge in [-0.2, -0.15) is 0 Å². The van der Waals surface area contributed by atoms with Crippen molar-refractivity contribution >= 4 is 23.3 Å². The molecule has 192 valence electrons. The van der Waals surface area contributed by atoms with Crippen molar-refractivity contribution in [1.29, 1.82) is 0 Å². The normalized spacial score (nSPS) is 15.1. The predicted octanol–water partition coefficient (Wildman–Crippen LogP) is 3.68. The average Bonchev–Trinajstić information content (AvgIpc) is 3.21. The van der Waals surface area contributed by atoms with E-state index in [0.717, 1.165) is 11.1 Å². The van der Waals surface area contributed by atoms with Gasteiger partial charge in [-0.25, -0.2) is 4.99 Å². The zero-order valence-corrected chi connectivity index (χ0v) is 22.4. The van der Waals surface area contributed by atoms with Crippen molar-refractivity contribution in [1.82, 2.24) is 9.47 Å². The molecule has 1 atom stereocenters. The van der Waals surface area contributed by atoms with Gasteiger partial charge in [0.2, 0.25) is 0 Å². The summed E-state index contributed by atoms with van der Waals surface area (Å²) in [6.45, 7) is 10.9. The molecule has 2 aromatic carbocycles. The van der Waals surface area contributed by atoms with Crippen molar-refractivity contribution in [2.45, 2.75) is 26.8 Å². The van der Waals surface area contributed by atoms with Crippen molar-refractivity contribution in [2.24, 2.45) is 4.99 Å². The molecule has 1 aromatic heterocycles. The number of nitrogens with zero attached hydrogens (tertiary/aromatic N) is 3. The van der Waals surface area contributed by atoms with Gasteiger partial charge < -0.3 is 14.4 Å². The maximum Gasteiger partial charge on any atom is 0.271 e. The molecule has 0 bridgehead atoms. The van der Waals surface area contributed by atoms with Gasteiger partial charge >= 0.3 is 0 Å². The first-order valence-corrected chi connectivity index (χ1v) is 13.0. The number of benzene rings is 2. The fourth-order valence-electron chi connectivity index (χ4n) is 4.46. The van der Waals surface area contributed by atoms with E-state index in [1.807, 2.05) is 75.4 Å². The molecule has 0 N–H and O–H groups in total. The van der Waals surface area contributed by atoms with Gasteiger partial charge in [-0.1, -0.05) is 54.3 Å². The Kier molecular flexibility index (Phi) is 8.08. The average molecular weight is 518 g/mol. The van der Waals surface area contributed by atoms with E-state index in [0.29, 0.717) is 51.8 Å². The quantitative estimate of drug-likeness (QED) is 0.406. The number of methoxy groups -OCH3 is 1. The molecule has 1 amide bonds. The number of rotatable bonds is 9. The highest BCUT2D eigenvalue weighted by Gasteiger charge is 2.35. The van der Waals surface area contributed by atoms with Crippen LogP contribution in [0.25, 0.3) is 6.08 Å². The fourth-order valence-corrected chi connectivity index (χ4v) is 5.51. The molecule has 0 unspecified atom stereocenters. The van der Waals surface area contributed by atoms with Crippen molar-refractivity contribution < 1.29 is 14.3 Å². The van der Waals surface area contributed by atoms with Crippen LogP contribution in [0.2, 0.25) is 0 Å². The molecule has 4 rings (SSSR count). The number of thiazole rings is 1. The molecule has 0 fully saturated rings. The molecule has 0 aliphatic carbocycles. The fraction of sp³-hybridized carbons (Fsp3) is 0.276. The Morgan fingerprint density at radius 3 is 2.65 bits per heavy atom. The van der Waals surface area contributed by atoms with E-state index in [-0.39, 0.29) is 11.5 Å². The van der Waals surface area contributed by atoms with Crippen LogP contribution in [0.5, 0.6) is 11.5 Å². The Morgan fingerprint density at radius 2 is 1.95 bits per heavy atom. The topological polar surface area (TPSA) is 73.1 Å². The molecule has 8 heteroatoms. The van der Waals surface area contributed by atoms with Gasteiger partial charge in [0.25, 0.3) is 11.5 Å². The summed E-state index contributed by atoms with van der Waals surface area (Å²) in [5.41, 5.74) is 2.43.